The van der Waals surface area contributed by atoms with Gasteiger partial charge in [0.15, 0.2) is 0 Å². The standard InChI is InChI=1S/C16H11ClF3N/c17-14-6-2-4-12-7-8-21(15(12)14)10-11-3-1-5-13(9-11)16(18,19)20/h1-9H,10H2. The quantitative estimate of drug-likeness (QED) is 0.600. The van der Waals surface area contributed by atoms with Crippen molar-refractivity contribution in [3.8, 4) is 0 Å². The first-order chi connectivity index (χ1) is 9.95. The van der Waals surface area contributed by atoms with E-state index in [1.165, 1.54) is 12.1 Å². The van der Waals surface area contributed by atoms with Crippen LogP contribution in [0, 0.1) is 0 Å². The van der Waals surface area contributed by atoms with Crippen molar-refractivity contribution in [1.82, 2.24) is 4.57 Å². The minimum Gasteiger partial charge on any atom is -0.342 e. The molecule has 3 rings (SSSR count). The van der Waals surface area contributed by atoms with Crippen LogP contribution in [0.4, 0.5) is 13.2 Å². The molecule has 0 radical (unpaired) electrons. The second-order valence-electron chi connectivity index (χ2n) is 4.82. The van der Waals surface area contributed by atoms with Crippen LogP contribution in [-0.2, 0) is 12.7 Å². The number of fused-ring (bicyclic) bond motifs is 1. The number of aromatic nitrogens is 1. The zero-order valence-electron chi connectivity index (χ0n) is 10.9. The molecule has 108 valence electrons. The second kappa shape index (κ2) is 5.11. The van der Waals surface area contributed by atoms with E-state index in [2.05, 4.69) is 0 Å². The van der Waals surface area contributed by atoms with Gasteiger partial charge in [-0.05, 0) is 29.8 Å². The summed E-state index contributed by atoms with van der Waals surface area (Å²) in [7, 11) is 0. The van der Waals surface area contributed by atoms with Crippen LogP contribution >= 0.6 is 11.6 Å². The van der Waals surface area contributed by atoms with Gasteiger partial charge in [-0.15, -0.1) is 0 Å². The van der Waals surface area contributed by atoms with Gasteiger partial charge >= 0.3 is 6.18 Å². The molecule has 0 spiro atoms. The maximum Gasteiger partial charge on any atom is 0.416 e. The monoisotopic (exact) mass is 309 g/mol. The van der Waals surface area contributed by atoms with Crippen molar-refractivity contribution in [3.05, 3.63) is 70.9 Å². The Bertz CT molecular complexity index is 790. The molecular formula is C16H11ClF3N. The molecule has 0 fully saturated rings. The molecule has 0 aliphatic carbocycles. The van der Waals surface area contributed by atoms with Crippen molar-refractivity contribution in [2.75, 3.05) is 0 Å². The fourth-order valence-electron chi connectivity index (χ4n) is 2.39. The molecular weight excluding hydrogens is 299 g/mol. The Morgan fingerprint density at radius 2 is 1.76 bits per heavy atom. The average Bonchev–Trinajstić information content (AvgIpc) is 2.83. The minimum atomic E-state index is -4.33. The van der Waals surface area contributed by atoms with Crippen LogP contribution < -0.4 is 0 Å². The van der Waals surface area contributed by atoms with Gasteiger partial charge in [0.05, 0.1) is 16.1 Å². The molecule has 21 heavy (non-hydrogen) atoms. The largest absolute Gasteiger partial charge is 0.416 e. The Kier molecular flexibility index (Phi) is 3.41. The van der Waals surface area contributed by atoms with Crippen molar-refractivity contribution in [3.63, 3.8) is 0 Å². The third kappa shape index (κ3) is 2.76. The number of hydrogen-bond donors (Lipinski definition) is 0. The first-order valence-corrected chi connectivity index (χ1v) is 6.72. The lowest BCUT2D eigenvalue weighted by molar-refractivity contribution is -0.137. The van der Waals surface area contributed by atoms with E-state index in [-0.39, 0.29) is 0 Å². The number of halogens is 4. The molecule has 0 bridgehead atoms. The number of rotatable bonds is 2. The highest BCUT2D eigenvalue weighted by Crippen LogP contribution is 2.30. The zero-order valence-corrected chi connectivity index (χ0v) is 11.6. The Labute approximate surface area is 124 Å². The van der Waals surface area contributed by atoms with Crippen LogP contribution in [0.2, 0.25) is 5.02 Å². The highest BCUT2D eigenvalue weighted by atomic mass is 35.5. The second-order valence-corrected chi connectivity index (χ2v) is 5.23. The summed E-state index contributed by atoms with van der Waals surface area (Å²) in [4.78, 5) is 0. The van der Waals surface area contributed by atoms with E-state index in [4.69, 9.17) is 11.6 Å². The Balaban J connectivity index is 2.00. The topological polar surface area (TPSA) is 4.93 Å². The summed E-state index contributed by atoms with van der Waals surface area (Å²) >= 11 is 6.17. The van der Waals surface area contributed by atoms with Crippen molar-refractivity contribution in [1.29, 1.82) is 0 Å². The summed E-state index contributed by atoms with van der Waals surface area (Å²) in [5, 5.41) is 1.55. The summed E-state index contributed by atoms with van der Waals surface area (Å²) in [6, 6.07) is 12.8. The first kappa shape index (κ1) is 14.0. The van der Waals surface area contributed by atoms with E-state index in [0.29, 0.717) is 17.1 Å². The van der Waals surface area contributed by atoms with E-state index in [1.54, 1.807) is 12.1 Å². The Morgan fingerprint density at radius 3 is 2.52 bits per heavy atom. The van der Waals surface area contributed by atoms with Crippen LogP contribution in [0.3, 0.4) is 0 Å². The number of nitrogens with zero attached hydrogens (tertiary/aromatic N) is 1. The van der Waals surface area contributed by atoms with Gasteiger partial charge in [-0.1, -0.05) is 35.9 Å². The first-order valence-electron chi connectivity index (χ1n) is 6.34. The molecule has 1 nitrogen and oxygen atoms in total. The molecule has 1 heterocycles. The summed E-state index contributed by atoms with van der Waals surface area (Å²) in [5.41, 5.74) is 0.779. The van der Waals surface area contributed by atoms with Gasteiger partial charge in [-0.2, -0.15) is 13.2 Å². The van der Waals surface area contributed by atoms with Crippen molar-refractivity contribution < 1.29 is 13.2 Å². The fourth-order valence-corrected chi connectivity index (χ4v) is 2.68. The van der Waals surface area contributed by atoms with Crippen molar-refractivity contribution in [2.45, 2.75) is 12.7 Å². The van der Waals surface area contributed by atoms with Gasteiger partial charge in [0.25, 0.3) is 0 Å². The lowest BCUT2D eigenvalue weighted by Crippen LogP contribution is -2.06. The SMILES string of the molecule is FC(F)(F)c1cccc(Cn2ccc3cccc(Cl)c32)c1. The molecule has 0 aliphatic heterocycles. The van der Waals surface area contributed by atoms with Crippen LogP contribution in [-0.4, -0.2) is 4.57 Å². The summed E-state index contributed by atoms with van der Waals surface area (Å²) in [5.74, 6) is 0. The van der Waals surface area contributed by atoms with E-state index < -0.39 is 11.7 Å². The van der Waals surface area contributed by atoms with Crippen LogP contribution in [0.25, 0.3) is 10.9 Å². The Hall–Kier alpha value is -1.94. The molecule has 1 aromatic heterocycles. The molecule has 0 saturated heterocycles. The molecule has 3 aromatic rings. The third-order valence-corrected chi connectivity index (χ3v) is 3.65. The summed E-state index contributed by atoms with van der Waals surface area (Å²) in [6.45, 7) is 0.344. The highest BCUT2D eigenvalue weighted by Gasteiger charge is 2.30. The maximum atomic E-state index is 12.7. The van der Waals surface area contributed by atoms with Crippen molar-refractivity contribution in [2.24, 2.45) is 0 Å². The predicted octanol–water partition coefficient (Wildman–Crippen LogP) is 5.36. The normalized spacial score (nSPS) is 12.0. The third-order valence-electron chi connectivity index (χ3n) is 3.35. The van der Waals surface area contributed by atoms with E-state index in [1.807, 2.05) is 29.0 Å². The molecule has 0 saturated carbocycles. The molecule has 0 N–H and O–H groups in total. The van der Waals surface area contributed by atoms with Gasteiger partial charge in [0.2, 0.25) is 0 Å². The summed E-state index contributed by atoms with van der Waals surface area (Å²) < 4.78 is 40.1. The van der Waals surface area contributed by atoms with E-state index in [9.17, 15) is 13.2 Å². The molecule has 0 aliphatic rings. The lowest BCUT2D eigenvalue weighted by Gasteiger charge is -2.10. The zero-order chi connectivity index (χ0) is 15.0. The number of benzene rings is 2. The minimum absolute atomic E-state index is 0.344. The predicted molar refractivity (Wildman–Crippen MR) is 77.5 cm³/mol. The van der Waals surface area contributed by atoms with Gasteiger partial charge < -0.3 is 4.57 Å². The van der Waals surface area contributed by atoms with E-state index in [0.717, 1.165) is 17.0 Å². The number of hydrogen-bond acceptors (Lipinski definition) is 0. The van der Waals surface area contributed by atoms with Crippen molar-refractivity contribution >= 4 is 22.5 Å². The highest BCUT2D eigenvalue weighted by molar-refractivity contribution is 6.35. The molecule has 2 aromatic carbocycles. The average molecular weight is 310 g/mol. The van der Waals surface area contributed by atoms with Crippen LogP contribution in [0.1, 0.15) is 11.1 Å². The fraction of sp³-hybridized carbons (Fsp3) is 0.125. The van der Waals surface area contributed by atoms with Gasteiger partial charge in [0, 0.05) is 18.1 Å². The number of alkyl halides is 3. The van der Waals surface area contributed by atoms with E-state index >= 15 is 0 Å². The molecule has 0 amide bonds. The Morgan fingerprint density at radius 1 is 1.00 bits per heavy atom. The van der Waals surface area contributed by atoms with Gasteiger partial charge in [-0.25, -0.2) is 0 Å². The summed E-state index contributed by atoms with van der Waals surface area (Å²) in [6.07, 6.45) is -2.50. The van der Waals surface area contributed by atoms with Crippen LogP contribution in [0.15, 0.2) is 54.7 Å². The van der Waals surface area contributed by atoms with Gasteiger partial charge in [0.1, 0.15) is 0 Å². The molecule has 5 heteroatoms. The number of para-hydroxylation sites is 1. The van der Waals surface area contributed by atoms with Crippen LogP contribution in [0.5, 0.6) is 0 Å². The van der Waals surface area contributed by atoms with Gasteiger partial charge in [-0.3, -0.25) is 0 Å². The lowest BCUT2D eigenvalue weighted by atomic mass is 10.1. The molecule has 0 atom stereocenters. The smallest absolute Gasteiger partial charge is 0.342 e. The molecule has 0 unspecified atom stereocenters. The maximum absolute atomic E-state index is 12.7.